The summed E-state index contributed by atoms with van der Waals surface area (Å²) >= 11 is 0. The Kier molecular flexibility index (Phi) is 8.43. The van der Waals surface area contributed by atoms with Gasteiger partial charge in [-0.3, -0.25) is 14.4 Å². The summed E-state index contributed by atoms with van der Waals surface area (Å²) in [5.74, 6) is -0.351. The summed E-state index contributed by atoms with van der Waals surface area (Å²) < 4.78 is 10.8. The highest BCUT2D eigenvalue weighted by molar-refractivity contribution is 6.03. The van der Waals surface area contributed by atoms with E-state index in [1.165, 1.54) is 14.0 Å². The molecule has 8 heteroatoms. The number of carbonyl (C=O) groups excluding carboxylic acids is 3. The van der Waals surface area contributed by atoms with Crippen molar-refractivity contribution in [2.24, 2.45) is 5.92 Å². The lowest BCUT2D eigenvalue weighted by Gasteiger charge is -2.23. The topological polar surface area (TPSA) is 106 Å². The van der Waals surface area contributed by atoms with E-state index >= 15 is 0 Å². The van der Waals surface area contributed by atoms with Crippen LogP contribution in [0.25, 0.3) is 0 Å². The number of rotatable bonds is 9. The van der Waals surface area contributed by atoms with Crippen LogP contribution in [0.1, 0.15) is 38.1 Å². The fourth-order valence-corrected chi connectivity index (χ4v) is 2.99. The van der Waals surface area contributed by atoms with Crippen LogP contribution in [0.15, 0.2) is 42.5 Å². The summed E-state index contributed by atoms with van der Waals surface area (Å²) in [6.07, 6.45) is 0. The van der Waals surface area contributed by atoms with Crippen molar-refractivity contribution in [1.82, 2.24) is 5.32 Å². The number of benzene rings is 2. The molecule has 0 bridgehead atoms. The highest BCUT2D eigenvalue weighted by Crippen LogP contribution is 2.28. The standard InChI is InChI=1S/C23H29N3O5/c1-6-31-19-10-8-7-9-17(19)22(28)26-21(14(2)3)23(29)25-18-13-16(24-15(4)27)11-12-20(18)30-5/h7-14,21H,6H2,1-5H3,(H,24,27)(H,25,29)(H,26,28)/t21-/m0/s1. The van der Waals surface area contributed by atoms with Crippen LogP contribution in [0.5, 0.6) is 11.5 Å². The average molecular weight is 428 g/mol. The molecule has 0 unspecified atom stereocenters. The predicted molar refractivity (Wildman–Crippen MR) is 120 cm³/mol. The second kappa shape index (κ2) is 11.0. The van der Waals surface area contributed by atoms with E-state index in [0.717, 1.165) is 0 Å². The van der Waals surface area contributed by atoms with Gasteiger partial charge in [-0.15, -0.1) is 0 Å². The molecule has 31 heavy (non-hydrogen) atoms. The number of nitrogens with one attached hydrogen (secondary N) is 3. The van der Waals surface area contributed by atoms with Gasteiger partial charge in [0.2, 0.25) is 11.8 Å². The number of anilines is 2. The fraction of sp³-hybridized carbons (Fsp3) is 0.348. The Morgan fingerprint density at radius 3 is 2.32 bits per heavy atom. The lowest BCUT2D eigenvalue weighted by Crippen LogP contribution is -2.47. The van der Waals surface area contributed by atoms with Crippen LogP contribution < -0.4 is 25.4 Å². The van der Waals surface area contributed by atoms with E-state index in [2.05, 4.69) is 16.0 Å². The summed E-state index contributed by atoms with van der Waals surface area (Å²) in [7, 11) is 1.48. The molecule has 0 heterocycles. The van der Waals surface area contributed by atoms with Crippen molar-refractivity contribution < 1.29 is 23.9 Å². The smallest absolute Gasteiger partial charge is 0.255 e. The van der Waals surface area contributed by atoms with Gasteiger partial charge in [0.05, 0.1) is 25.0 Å². The molecule has 0 saturated carbocycles. The first-order chi connectivity index (χ1) is 14.8. The minimum absolute atomic E-state index is 0.187. The number of para-hydroxylation sites is 1. The van der Waals surface area contributed by atoms with Crippen LogP contribution in [-0.2, 0) is 9.59 Å². The Hall–Kier alpha value is -3.55. The molecule has 0 fully saturated rings. The third-order valence-electron chi connectivity index (χ3n) is 4.44. The Labute approximate surface area is 182 Å². The number of hydrogen-bond acceptors (Lipinski definition) is 5. The molecule has 0 aliphatic heterocycles. The van der Waals surface area contributed by atoms with Gasteiger partial charge in [-0.2, -0.15) is 0 Å². The number of ether oxygens (including phenoxy) is 2. The van der Waals surface area contributed by atoms with Gasteiger partial charge in [-0.05, 0) is 43.2 Å². The summed E-state index contributed by atoms with van der Waals surface area (Å²) in [5.41, 5.74) is 1.25. The molecule has 8 nitrogen and oxygen atoms in total. The zero-order valence-corrected chi connectivity index (χ0v) is 18.4. The van der Waals surface area contributed by atoms with Gasteiger partial charge in [-0.1, -0.05) is 26.0 Å². The molecule has 2 aromatic rings. The van der Waals surface area contributed by atoms with Crippen LogP contribution in [0, 0.1) is 5.92 Å². The van der Waals surface area contributed by atoms with Crippen molar-refractivity contribution in [2.75, 3.05) is 24.4 Å². The minimum atomic E-state index is -0.809. The Balaban J connectivity index is 2.23. The van der Waals surface area contributed by atoms with Gasteiger partial charge in [0, 0.05) is 12.6 Å². The molecular formula is C23H29N3O5. The first-order valence-electron chi connectivity index (χ1n) is 10.1. The molecule has 166 valence electrons. The fourth-order valence-electron chi connectivity index (χ4n) is 2.99. The second-order valence-electron chi connectivity index (χ2n) is 7.21. The van der Waals surface area contributed by atoms with Gasteiger partial charge in [-0.25, -0.2) is 0 Å². The average Bonchev–Trinajstić information content (AvgIpc) is 2.72. The highest BCUT2D eigenvalue weighted by Gasteiger charge is 2.26. The third-order valence-corrected chi connectivity index (χ3v) is 4.44. The minimum Gasteiger partial charge on any atom is -0.495 e. The van der Waals surface area contributed by atoms with Crippen LogP contribution in [0.3, 0.4) is 0 Å². The Morgan fingerprint density at radius 1 is 1.00 bits per heavy atom. The monoisotopic (exact) mass is 427 g/mol. The highest BCUT2D eigenvalue weighted by atomic mass is 16.5. The van der Waals surface area contributed by atoms with E-state index in [9.17, 15) is 14.4 Å². The molecule has 0 saturated heterocycles. The van der Waals surface area contributed by atoms with Crippen molar-refractivity contribution in [2.45, 2.75) is 33.7 Å². The van der Waals surface area contributed by atoms with Gasteiger partial charge in [0.15, 0.2) is 0 Å². The normalized spacial score (nSPS) is 11.4. The maximum Gasteiger partial charge on any atom is 0.255 e. The Bertz CT molecular complexity index is 943. The van der Waals surface area contributed by atoms with Crippen molar-refractivity contribution in [3.05, 3.63) is 48.0 Å². The zero-order chi connectivity index (χ0) is 23.0. The molecule has 2 rings (SSSR count). The molecule has 0 radical (unpaired) electrons. The Morgan fingerprint density at radius 2 is 1.71 bits per heavy atom. The summed E-state index contributed by atoms with van der Waals surface area (Å²) in [6, 6.07) is 11.0. The van der Waals surface area contributed by atoms with Crippen LogP contribution in [0.4, 0.5) is 11.4 Å². The van der Waals surface area contributed by atoms with Gasteiger partial charge in [0.1, 0.15) is 17.5 Å². The van der Waals surface area contributed by atoms with Crippen LogP contribution >= 0.6 is 0 Å². The molecular weight excluding hydrogens is 398 g/mol. The maximum absolute atomic E-state index is 13.0. The number of amides is 3. The quantitative estimate of drug-likeness (QED) is 0.568. The van der Waals surface area contributed by atoms with E-state index < -0.39 is 17.9 Å². The van der Waals surface area contributed by atoms with Crippen molar-refractivity contribution in [1.29, 1.82) is 0 Å². The molecule has 0 spiro atoms. The molecule has 3 N–H and O–H groups in total. The lowest BCUT2D eigenvalue weighted by molar-refractivity contribution is -0.119. The van der Waals surface area contributed by atoms with E-state index in [-0.39, 0.29) is 11.8 Å². The van der Waals surface area contributed by atoms with E-state index in [0.29, 0.717) is 35.0 Å². The van der Waals surface area contributed by atoms with Crippen molar-refractivity contribution in [3.63, 3.8) is 0 Å². The first kappa shape index (κ1) is 23.7. The summed E-state index contributed by atoms with van der Waals surface area (Å²) in [6.45, 7) is 7.32. The summed E-state index contributed by atoms with van der Waals surface area (Å²) in [4.78, 5) is 37.2. The first-order valence-corrected chi connectivity index (χ1v) is 10.1. The molecule has 0 aromatic heterocycles. The van der Waals surface area contributed by atoms with Crippen molar-refractivity contribution >= 4 is 29.1 Å². The van der Waals surface area contributed by atoms with Crippen molar-refractivity contribution in [3.8, 4) is 11.5 Å². The third kappa shape index (κ3) is 6.47. The van der Waals surface area contributed by atoms with E-state index in [1.807, 2.05) is 20.8 Å². The SMILES string of the molecule is CCOc1ccccc1C(=O)N[C@H](C(=O)Nc1cc(NC(C)=O)ccc1OC)C(C)C. The van der Waals surface area contributed by atoms with E-state index in [1.54, 1.807) is 42.5 Å². The molecule has 1 atom stereocenters. The van der Waals surface area contributed by atoms with Gasteiger partial charge >= 0.3 is 0 Å². The number of carbonyl (C=O) groups is 3. The van der Waals surface area contributed by atoms with E-state index in [4.69, 9.17) is 9.47 Å². The van der Waals surface area contributed by atoms with Gasteiger partial charge < -0.3 is 25.4 Å². The molecule has 0 aliphatic rings. The second-order valence-corrected chi connectivity index (χ2v) is 7.21. The molecule has 3 amide bonds. The molecule has 0 aliphatic carbocycles. The number of methoxy groups -OCH3 is 1. The predicted octanol–water partition coefficient (Wildman–Crippen LogP) is 3.45. The van der Waals surface area contributed by atoms with Crippen LogP contribution in [0.2, 0.25) is 0 Å². The maximum atomic E-state index is 13.0. The van der Waals surface area contributed by atoms with Gasteiger partial charge in [0.25, 0.3) is 5.91 Å². The largest absolute Gasteiger partial charge is 0.495 e. The van der Waals surface area contributed by atoms with Crippen LogP contribution in [-0.4, -0.2) is 37.5 Å². The number of hydrogen-bond donors (Lipinski definition) is 3. The summed E-state index contributed by atoms with van der Waals surface area (Å²) in [5, 5.41) is 8.25. The zero-order valence-electron chi connectivity index (χ0n) is 18.4. The lowest BCUT2D eigenvalue weighted by atomic mass is 10.0. The molecule has 2 aromatic carbocycles.